The van der Waals surface area contributed by atoms with Crippen LogP contribution < -0.4 is 5.32 Å². The number of fused-ring (bicyclic) bond motifs is 1. The highest BCUT2D eigenvalue weighted by Gasteiger charge is 2.25. The zero-order valence-corrected chi connectivity index (χ0v) is 11.2. The molecule has 2 aromatic rings. The molecule has 0 atom stereocenters. The van der Waals surface area contributed by atoms with Crippen molar-refractivity contribution in [1.82, 2.24) is 5.32 Å². The van der Waals surface area contributed by atoms with Crippen LogP contribution in [0.1, 0.15) is 24.8 Å². The zero-order chi connectivity index (χ0) is 14.4. The van der Waals surface area contributed by atoms with Gasteiger partial charge in [0.25, 0.3) is 0 Å². The second kappa shape index (κ2) is 6.75. The quantitative estimate of drug-likeness (QED) is 0.759. The fourth-order valence-corrected chi connectivity index (χ4v) is 2.16. The highest BCUT2D eigenvalue weighted by Crippen LogP contribution is 2.21. The van der Waals surface area contributed by atoms with Crippen molar-refractivity contribution >= 4 is 10.8 Å². The highest BCUT2D eigenvalue weighted by atomic mass is 19.4. The number of halogens is 3. The first-order chi connectivity index (χ1) is 9.54. The third-order valence-corrected chi connectivity index (χ3v) is 3.21. The summed E-state index contributed by atoms with van der Waals surface area (Å²) in [6, 6.07) is 14.3. The highest BCUT2D eigenvalue weighted by molar-refractivity contribution is 5.82. The number of nitrogens with one attached hydrogen (secondary N) is 1. The smallest absolute Gasteiger partial charge is 0.313 e. The molecule has 0 bridgehead atoms. The van der Waals surface area contributed by atoms with Crippen molar-refractivity contribution in [2.45, 2.75) is 32.0 Å². The first-order valence-electron chi connectivity index (χ1n) is 6.80. The van der Waals surface area contributed by atoms with Gasteiger partial charge in [-0.25, -0.2) is 0 Å². The standard InChI is InChI=1S/C16H18F3N/c17-16(18,19)9-3-4-10-20-12-13-7-8-14-5-1-2-6-15(14)11-13/h1-2,5-8,11,20H,3-4,9-10,12H2. The minimum Gasteiger partial charge on any atom is -0.313 e. The van der Waals surface area contributed by atoms with Crippen molar-refractivity contribution < 1.29 is 13.2 Å². The van der Waals surface area contributed by atoms with Crippen molar-refractivity contribution in [3.8, 4) is 0 Å². The van der Waals surface area contributed by atoms with E-state index in [1.54, 1.807) is 0 Å². The fraction of sp³-hybridized carbons (Fsp3) is 0.375. The van der Waals surface area contributed by atoms with Crippen molar-refractivity contribution in [3.63, 3.8) is 0 Å². The molecular formula is C16H18F3N. The maximum atomic E-state index is 12.0. The van der Waals surface area contributed by atoms with Crippen molar-refractivity contribution in [1.29, 1.82) is 0 Å². The number of rotatable bonds is 6. The molecule has 0 aliphatic heterocycles. The molecule has 0 radical (unpaired) electrons. The van der Waals surface area contributed by atoms with Crippen LogP contribution in [0.25, 0.3) is 10.8 Å². The lowest BCUT2D eigenvalue weighted by Gasteiger charge is -2.08. The molecule has 0 saturated heterocycles. The third kappa shape index (κ3) is 4.85. The number of unbranched alkanes of at least 4 members (excludes halogenated alkanes) is 1. The number of benzene rings is 2. The summed E-state index contributed by atoms with van der Waals surface area (Å²) in [6.45, 7) is 1.31. The Balaban J connectivity index is 1.73. The van der Waals surface area contributed by atoms with Crippen molar-refractivity contribution in [2.24, 2.45) is 0 Å². The van der Waals surface area contributed by atoms with Gasteiger partial charge in [0.15, 0.2) is 0 Å². The van der Waals surface area contributed by atoms with Crippen molar-refractivity contribution in [3.05, 3.63) is 48.0 Å². The van der Waals surface area contributed by atoms with E-state index in [0.29, 0.717) is 19.5 Å². The summed E-state index contributed by atoms with van der Waals surface area (Å²) >= 11 is 0. The van der Waals surface area contributed by atoms with Gasteiger partial charge < -0.3 is 5.32 Å². The van der Waals surface area contributed by atoms with E-state index >= 15 is 0 Å². The Hall–Kier alpha value is -1.55. The summed E-state index contributed by atoms with van der Waals surface area (Å²) < 4.78 is 35.9. The average molecular weight is 281 g/mol. The van der Waals surface area contributed by atoms with Crippen LogP contribution in [0.5, 0.6) is 0 Å². The number of alkyl halides is 3. The molecule has 0 aromatic heterocycles. The number of hydrogen-bond acceptors (Lipinski definition) is 1. The molecule has 1 N–H and O–H groups in total. The second-order valence-corrected chi connectivity index (χ2v) is 4.93. The molecule has 0 saturated carbocycles. The molecule has 1 nitrogen and oxygen atoms in total. The molecule has 0 heterocycles. The van der Waals surface area contributed by atoms with E-state index in [9.17, 15) is 13.2 Å². The first kappa shape index (κ1) is 14.9. The topological polar surface area (TPSA) is 12.0 Å². The summed E-state index contributed by atoms with van der Waals surface area (Å²) in [5, 5.41) is 5.57. The predicted octanol–water partition coefficient (Wildman–Crippen LogP) is 4.66. The largest absolute Gasteiger partial charge is 0.389 e. The Morgan fingerprint density at radius 1 is 0.900 bits per heavy atom. The third-order valence-electron chi connectivity index (χ3n) is 3.21. The Kier molecular flexibility index (Phi) is 5.01. The van der Waals surface area contributed by atoms with E-state index < -0.39 is 12.6 Å². The van der Waals surface area contributed by atoms with E-state index in [-0.39, 0.29) is 6.42 Å². The molecular weight excluding hydrogens is 263 g/mol. The molecule has 0 amide bonds. The van der Waals surface area contributed by atoms with Gasteiger partial charge in [0.05, 0.1) is 0 Å². The monoisotopic (exact) mass is 281 g/mol. The summed E-state index contributed by atoms with van der Waals surface area (Å²) in [4.78, 5) is 0. The maximum absolute atomic E-state index is 12.0. The van der Waals surface area contributed by atoms with E-state index in [4.69, 9.17) is 0 Å². The van der Waals surface area contributed by atoms with Crippen LogP contribution in [-0.4, -0.2) is 12.7 Å². The minimum absolute atomic E-state index is 0.189. The molecule has 20 heavy (non-hydrogen) atoms. The molecule has 0 spiro atoms. The van der Waals surface area contributed by atoms with Gasteiger partial charge in [-0.15, -0.1) is 0 Å². The molecule has 0 aliphatic carbocycles. The van der Waals surface area contributed by atoms with Crippen LogP contribution in [0.4, 0.5) is 13.2 Å². The van der Waals surface area contributed by atoms with Crippen LogP contribution in [0.2, 0.25) is 0 Å². The lowest BCUT2D eigenvalue weighted by atomic mass is 10.1. The van der Waals surface area contributed by atoms with Crippen LogP contribution in [-0.2, 0) is 6.54 Å². The summed E-state index contributed by atoms with van der Waals surface area (Å²) in [5.41, 5.74) is 1.15. The van der Waals surface area contributed by atoms with Crippen LogP contribution in [0.15, 0.2) is 42.5 Å². The number of hydrogen-bond donors (Lipinski definition) is 1. The van der Waals surface area contributed by atoms with Crippen LogP contribution in [0, 0.1) is 0 Å². The van der Waals surface area contributed by atoms with E-state index in [2.05, 4.69) is 29.6 Å². The Bertz CT molecular complexity index is 549. The van der Waals surface area contributed by atoms with E-state index in [1.165, 1.54) is 10.8 Å². The molecule has 0 fully saturated rings. The fourth-order valence-electron chi connectivity index (χ4n) is 2.16. The lowest BCUT2D eigenvalue weighted by molar-refractivity contribution is -0.135. The van der Waals surface area contributed by atoms with Gasteiger partial charge >= 0.3 is 6.18 Å². The molecule has 4 heteroatoms. The second-order valence-electron chi connectivity index (χ2n) is 4.93. The van der Waals surface area contributed by atoms with Gasteiger partial charge in [0, 0.05) is 13.0 Å². The predicted molar refractivity (Wildman–Crippen MR) is 75.6 cm³/mol. The Morgan fingerprint density at radius 3 is 2.40 bits per heavy atom. The van der Waals surface area contributed by atoms with Crippen LogP contribution in [0.3, 0.4) is 0 Å². The SMILES string of the molecule is FC(F)(F)CCCCNCc1ccc2ccccc2c1. The van der Waals surface area contributed by atoms with E-state index in [1.807, 2.05) is 18.2 Å². The molecule has 108 valence electrons. The van der Waals surface area contributed by atoms with Gasteiger partial charge in [-0.1, -0.05) is 36.4 Å². The first-order valence-corrected chi connectivity index (χ1v) is 6.80. The molecule has 0 aliphatic rings. The van der Waals surface area contributed by atoms with Gasteiger partial charge in [-0.05, 0) is 41.8 Å². The van der Waals surface area contributed by atoms with E-state index in [0.717, 1.165) is 5.56 Å². The molecule has 2 aromatic carbocycles. The zero-order valence-electron chi connectivity index (χ0n) is 11.2. The van der Waals surface area contributed by atoms with Gasteiger partial charge in [0.2, 0.25) is 0 Å². The van der Waals surface area contributed by atoms with Crippen LogP contribution >= 0.6 is 0 Å². The average Bonchev–Trinajstić information content (AvgIpc) is 2.41. The van der Waals surface area contributed by atoms with Gasteiger partial charge in [-0.3, -0.25) is 0 Å². The summed E-state index contributed by atoms with van der Waals surface area (Å²) in [5.74, 6) is 0. The molecule has 0 unspecified atom stereocenters. The summed E-state index contributed by atoms with van der Waals surface area (Å²) in [6.07, 6.45) is -3.98. The summed E-state index contributed by atoms with van der Waals surface area (Å²) in [7, 11) is 0. The van der Waals surface area contributed by atoms with Gasteiger partial charge in [-0.2, -0.15) is 13.2 Å². The maximum Gasteiger partial charge on any atom is 0.389 e. The van der Waals surface area contributed by atoms with Gasteiger partial charge in [0.1, 0.15) is 0 Å². The molecule has 2 rings (SSSR count). The normalized spacial score (nSPS) is 11.9. The minimum atomic E-state index is -4.03. The Labute approximate surface area is 116 Å². The Morgan fingerprint density at radius 2 is 1.65 bits per heavy atom. The van der Waals surface area contributed by atoms with Crippen molar-refractivity contribution in [2.75, 3.05) is 6.54 Å². The lowest BCUT2D eigenvalue weighted by Crippen LogP contribution is -2.15.